The number of nitrogens with zero attached hydrogens (tertiary/aromatic N) is 2. The Morgan fingerprint density at radius 3 is 2.56 bits per heavy atom. The van der Waals surface area contributed by atoms with Gasteiger partial charge in [0.1, 0.15) is 5.60 Å². The maximum atomic E-state index is 11.7. The zero-order valence-corrected chi connectivity index (χ0v) is 11.0. The van der Waals surface area contributed by atoms with E-state index in [1.54, 1.807) is 27.7 Å². The van der Waals surface area contributed by atoms with E-state index in [4.69, 9.17) is 9.84 Å². The van der Waals surface area contributed by atoms with Crippen LogP contribution in [0.15, 0.2) is 12.3 Å². The van der Waals surface area contributed by atoms with Gasteiger partial charge in [-0.3, -0.25) is 9.48 Å². The van der Waals surface area contributed by atoms with Gasteiger partial charge in [-0.05, 0) is 26.8 Å². The fourth-order valence-corrected chi connectivity index (χ4v) is 1.33. The summed E-state index contributed by atoms with van der Waals surface area (Å²) >= 11 is 0. The molecule has 6 heteroatoms. The lowest BCUT2D eigenvalue weighted by Crippen LogP contribution is -2.29. The summed E-state index contributed by atoms with van der Waals surface area (Å²) in [5, 5.41) is 12.6. The van der Waals surface area contributed by atoms with Crippen molar-refractivity contribution in [2.45, 2.75) is 39.8 Å². The van der Waals surface area contributed by atoms with E-state index in [1.165, 1.54) is 16.9 Å². The highest BCUT2D eigenvalue weighted by molar-refractivity contribution is 5.85. The van der Waals surface area contributed by atoms with Crippen LogP contribution in [0, 0.1) is 5.92 Å². The van der Waals surface area contributed by atoms with Crippen LogP contribution in [0.25, 0.3) is 0 Å². The molecule has 0 fully saturated rings. The van der Waals surface area contributed by atoms with Crippen molar-refractivity contribution in [2.24, 2.45) is 5.92 Å². The van der Waals surface area contributed by atoms with Gasteiger partial charge in [0.15, 0.2) is 5.69 Å². The fraction of sp³-hybridized carbons (Fsp3) is 0.583. The highest BCUT2D eigenvalue weighted by Crippen LogP contribution is 2.12. The molecule has 0 aliphatic heterocycles. The summed E-state index contributed by atoms with van der Waals surface area (Å²) in [5.74, 6) is -1.79. The molecule has 0 amide bonds. The number of carboxylic acids is 1. The van der Waals surface area contributed by atoms with Crippen LogP contribution < -0.4 is 0 Å². The van der Waals surface area contributed by atoms with Gasteiger partial charge in [0.2, 0.25) is 0 Å². The number of carbonyl (C=O) groups is 2. The Balaban J connectivity index is 2.61. The summed E-state index contributed by atoms with van der Waals surface area (Å²) in [6, 6.07) is 1.39. The predicted molar refractivity (Wildman–Crippen MR) is 64.2 cm³/mol. The molecule has 1 aromatic heterocycles. The van der Waals surface area contributed by atoms with Crippen LogP contribution in [0.1, 0.15) is 38.2 Å². The minimum absolute atomic E-state index is 0.0358. The average Bonchev–Trinajstić information content (AvgIpc) is 2.63. The normalized spacial score (nSPS) is 13.1. The van der Waals surface area contributed by atoms with Crippen molar-refractivity contribution in [3.63, 3.8) is 0 Å². The molecule has 0 aliphatic carbocycles. The molecule has 1 rings (SSSR count). The maximum Gasteiger partial charge on any atom is 0.356 e. The van der Waals surface area contributed by atoms with Crippen molar-refractivity contribution in [1.29, 1.82) is 0 Å². The Hall–Kier alpha value is -1.85. The van der Waals surface area contributed by atoms with Gasteiger partial charge in [-0.1, -0.05) is 6.92 Å². The van der Waals surface area contributed by atoms with E-state index in [1.807, 2.05) is 0 Å². The first-order valence-corrected chi connectivity index (χ1v) is 5.68. The standard InChI is InChI=1S/C12H18N2O4/c1-8(11(17)18-12(2,3)4)7-14-6-5-9(13-14)10(15)16/h5-6,8H,7H2,1-4H3,(H,15,16)/t8-/m0/s1. The third-order valence-corrected chi connectivity index (χ3v) is 2.13. The van der Waals surface area contributed by atoms with Gasteiger partial charge in [-0.25, -0.2) is 4.79 Å². The second-order valence-electron chi connectivity index (χ2n) is 5.16. The van der Waals surface area contributed by atoms with E-state index >= 15 is 0 Å². The van der Waals surface area contributed by atoms with Crippen molar-refractivity contribution >= 4 is 11.9 Å². The summed E-state index contributed by atoms with van der Waals surface area (Å²) in [6.45, 7) is 7.41. The molecule has 0 aromatic carbocycles. The van der Waals surface area contributed by atoms with Crippen LogP contribution in [0.4, 0.5) is 0 Å². The van der Waals surface area contributed by atoms with Crippen molar-refractivity contribution in [3.8, 4) is 0 Å². The van der Waals surface area contributed by atoms with Crippen LogP contribution >= 0.6 is 0 Å². The van der Waals surface area contributed by atoms with E-state index in [2.05, 4.69) is 5.10 Å². The monoisotopic (exact) mass is 254 g/mol. The number of aromatic nitrogens is 2. The molecule has 18 heavy (non-hydrogen) atoms. The van der Waals surface area contributed by atoms with E-state index in [0.717, 1.165) is 0 Å². The van der Waals surface area contributed by atoms with E-state index in [9.17, 15) is 9.59 Å². The summed E-state index contributed by atoms with van der Waals surface area (Å²) in [6.07, 6.45) is 1.53. The molecule has 6 nitrogen and oxygen atoms in total. The minimum Gasteiger partial charge on any atom is -0.476 e. The lowest BCUT2D eigenvalue weighted by Gasteiger charge is -2.22. The first kappa shape index (κ1) is 14.2. The second kappa shape index (κ2) is 5.20. The first-order valence-electron chi connectivity index (χ1n) is 5.68. The summed E-state index contributed by atoms with van der Waals surface area (Å²) in [4.78, 5) is 22.4. The Kier molecular flexibility index (Phi) is 4.11. The van der Waals surface area contributed by atoms with Gasteiger partial charge in [-0.2, -0.15) is 5.10 Å². The van der Waals surface area contributed by atoms with Crippen LogP contribution in [-0.4, -0.2) is 32.4 Å². The van der Waals surface area contributed by atoms with E-state index in [-0.39, 0.29) is 17.6 Å². The van der Waals surface area contributed by atoms with Crippen molar-refractivity contribution < 1.29 is 19.4 Å². The van der Waals surface area contributed by atoms with Gasteiger partial charge in [0, 0.05) is 6.20 Å². The highest BCUT2D eigenvalue weighted by Gasteiger charge is 2.22. The predicted octanol–water partition coefficient (Wildman–Crippen LogP) is 1.56. The molecule has 0 spiro atoms. The lowest BCUT2D eigenvalue weighted by atomic mass is 10.1. The number of hydrogen-bond acceptors (Lipinski definition) is 4. The molecule has 1 N–H and O–H groups in total. The highest BCUT2D eigenvalue weighted by atomic mass is 16.6. The topological polar surface area (TPSA) is 81.4 Å². The maximum absolute atomic E-state index is 11.7. The van der Waals surface area contributed by atoms with Crippen LogP contribution in [-0.2, 0) is 16.1 Å². The summed E-state index contributed by atoms with van der Waals surface area (Å²) in [7, 11) is 0. The quantitative estimate of drug-likeness (QED) is 0.824. The Morgan fingerprint density at radius 2 is 2.11 bits per heavy atom. The molecule has 0 unspecified atom stereocenters. The number of aromatic carboxylic acids is 1. The molecule has 1 aromatic rings. The lowest BCUT2D eigenvalue weighted by molar-refractivity contribution is -0.159. The van der Waals surface area contributed by atoms with Crippen molar-refractivity contribution in [1.82, 2.24) is 9.78 Å². The van der Waals surface area contributed by atoms with Gasteiger partial charge < -0.3 is 9.84 Å². The molecule has 1 atom stereocenters. The van der Waals surface area contributed by atoms with Gasteiger partial charge in [0.25, 0.3) is 0 Å². The molecule has 0 saturated heterocycles. The Labute approximate surface area is 106 Å². The summed E-state index contributed by atoms with van der Waals surface area (Å²) in [5.41, 5.74) is -0.562. The van der Waals surface area contributed by atoms with Crippen LogP contribution in [0.5, 0.6) is 0 Å². The zero-order chi connectivity index (χ0) is 13.9. The number of hydrogen-bond donors (Lipinski definition) is 1. The summed E-state index contributed by atoms with van der Waals surface area (Å²) < 4.78 is 6.66. The van der Waals surface area contributed by atoms with Gasteiger partial charge >= 0.3 is 11.9 Å². The molecule has 0 bridgehead atoms. The molecule has 1 heterocycles. The number of esters is 1. The Morgan fingerprint density at radius 1 is 1.50 bits per heavy atom. The smallest absolute Gasteiger partial charge is 0.356 e. The van der Waals surface area contributed by atoms with Crippen molar-refractivity contribution in [3.05, 3.63) is 18.0 Å². The first-order chi connectivity index (χ1) is 8.19. The zero-order valence-electron chi connectivity index (χ0n) is 11.0. The number of ether oxygens (including phenoxy) is 1. The van der Waals surface area contributed by atoms with Crippen LogP contribution in [0.2, 0.25) is 0 Å². The third-order valence-electron chi connectivity index (χ3n) is 2.13. The van der Waals surface area contributed by atoms with Gasteiger partial charge in [0.05, 0.1) is 12.5 Å². The Bertz CT molecular complexity index is 445. The molecular weight excluding hydrogens is 236 g/mol. The van der Waals surface area contributed by atoms with E-state index in [0.29, 0.717) is 6.54 Å². The molecule has 0 aliphatic rings. The molecule has 100 valence electrons. The minimum atomic E-state index is -1.08. The SMILES string of the molecule is C[C@@H](Cn1ccc(C(=O)O)n1)C(=O)OC(C)(C)C. The second-order valence-corrected chi connectivity index (χ2v) is 5.16. The fourth-order valence-electron chi connectivity index (χ4n) is 1.33. The van der Waals surface area contributed by atoms with Gasteiger partial charge in [-0.15, -0.1) is 0 Å². The van der Waals surface area contributed by atoms with Crippen molar-refractivity contribution in [2.75, 3.05) is 0 Å². The van der Waals surface area contributed by atoms with Crippen LogP contribution in [0.3, 0.4) is 0 Å². The number of rotatable bonds is 4. The average molecular weight is 254 g/mol. The molecular formula is C12H18N2O4. The third kappa shape index (κ3) is 4.20. The number of carbonyl (C=O) groups excluding carboxylic acids is 1. The largest absolute Gasteiger partial charge is 0.476 e. The van der Waals surface area contributed by atoms with E-state index < -0.39 is 11.6 Å². The molecule has 0 radical (unpaired) electrons. The number of carboxylic acid groups (broad SMARTS) is 1. The molecule has 0 saturated carbocycles.